The first-order valence-corrected chi connectivity index (χ1v) is 7.78. The van der Waals surface area contributed by atoms with Crippen LogP contribution in [0.1, 0.15) is 11.1 Å². The molecule has 0 spiro atoms. The van der Waals surface area contributed by atoms with Gasteiger partial charge in [0, 0.05) is 0 Å². The highest BCUT2D eigenvalue weighted by molar-refractivity contribution is 7.14. The van der Waals surface area contributed by atoms with Crippen LogP contribution in [0.5, 0.6) is 11.5 Å². The topological polar surface area (TPSA) is 71.4 Å². The standard InChI is InChI=1S/C15H11ClN2O3S/c16-11-5-9(6-12-14(11)21-3-2-20-12)7-13(19)18-15-10(8-17)1-4-22-15/h1,4-6H,2-3,7H2,(H,18,19). The molecule has 2 heterocycles. The van der Waals surface area contributed by atoms with E-state index in [0.717, 1.165) is 5.56 Å². The molecule has 22 heavy (non-hydrogen) atoms. The molecule has 5 nitrogen and oxygen atoms in total. The second-order valence-electron chi connectivity index (χ2n) is 4.60. The average Bonchev–Trinajstić information content (AvgIpc) is 2.94. The summed E-state index contributed by atoms with van der Waals surface area (Å²) in [7, 11) is 0. The molecule has 0 radical (unpaired) electrons. The lowest BCUT2D eigenvalue weighted by atomic mass is 10.1. The van der Waals surface area contributed by atoms with E-state index in [1.165, 1.54) is 11.3 Å². The fourth-order valence-corrected chi connectivity index (χ4v) is 3.16. The fraction of sp³-hybridized carbons (Fsp3) is 0.200. The molecule has 7 heteroatoms. The lowest BCUT2D eigenvalue weighted by molar-refractivity contribution is -0.115. The van der Waals surface area contributed by atoms with Gasteiger partial charge in [0.25, 0.3) is 0 Å². The maximum atomic E-state index is 12.1. The number of ether oxygens (including phenoxy) is 2. The second-order valence-corrected chi connectivity index (χ2v) is 5.93. The SMILES string of the molecule is N#Cc1ccsc1NC(=O)Cc1cc(Cl)c2c(c1)OCCO2. The number of carbonyl (C=O) groups excluding carboxylic acids is 1. The van der Waals surface area contributed by atoms with Crippen molar-refractivity contribution in [3.05, 3.63) is 39.7 Å². The monoisotopic (exact) mass is 334 g/mol. The molecule has 1 aromatic carbocycles. The lowest BCUT2D eigenvalue weighted by Crippen LogP contribution is -2.17. The molecule has 2 aromatic rings. The number of hydrogen-bond acceptors (Lipinski definition) is 5. The molecule has 0 atom stereocenters. The van der Waals surface area contributed by atoms with Crippen LogP contribution in [-0.2, 0) is 11.2 Å². The molecule has 0 aliphatic carbocycles. The zero-order valence-corrected chi connectivity index (χ0v) is 13.0. The molecule has 1 aliphatic rings. The third kappa shape index (κ3) is 3.01. The van der Waals surface area contributed by atoms with Crippen molar-refractivity contribution in [2.45, 2.75) is 6.42 Å². The van der Waals surface area contributed by atoms with Crippen LogP contribution in [0.25, 0.3) is 0 Å². The van der Waals surface area contributed by atoms with Gasteiger partial charge in [-0.2, -0.15) is 5.26 Å². The van der Waals surface area contributed by atoms with Crippen molar-refractivity contribution >= 4 is 33.8 Å². The molecule has 0 saturated heterocycles. The first-order chi connectivity index (χ1) is 10.7. The van der Waals surface area contributed by atoms with Gasteiger partial charge in [-0.05, 0) is 29.1 Å². The van der Waals surface area contributed by atoms with Gasteiger partial charge in [-0.3, -0.25) is 4.79 Å². The molecule has 3 rings (SSSR count). The Balaban J connectivity index is 1.74. The number of carbonyl (C=O) groups is 1. The lowest BCUT2D eigenvalue weighted by Gasteiger charge is -2.20. The van der Waals surface area contributed by atoms with Gasteiger partial charge in [0.05, 0.1) is 17.0 Å². The summed E-state index contributed by atoms with van der Waals surface area (Å²) in [6.07, 6.45) is 0.138. The maximum absolute atomic E-state index is 12.1. The van der Waals surface area contributed by atoms with E-state index in [9.17, 15) is 4.79 Å². The minimum absolute atomic E-state index is 0.138. The van der Waals surface area contributed by atoms with Crippen LogP contribution in [0.2, 0.25) is 5.02 Å². The van der Waals surface area contributed by atoms with Gasteiger partial charge in [-0.15, -0.1) is 11.3 Å². The first-order valence-electron chi connectivity index (χ1n) is 6.53. The summed E-state index contributed by atoms with van der Waals surface area (Å²) in [5, 5.41) is 14.4. The molecule has 0 bridgehead atoms. The van der Waals surface area contributed by atoms with Crippen LogP contribution in [0.3, 0.4) is 0 Å². The Morgan fingerprint density at radius 3 is 3.05 bits per heavy atom. The number of thiophene rings is 1. The Bertz CT molecular complexity index is 767. The van der Waals surface area contributed by atoms with Gasteiger partial charge in [0.15, 0.2) is 11.5 Å². The van der Waals surface area contributed by atoms with Crippen molar-refractivity contribution in [2.24, 2.45) is 0 Å². The van der Waals surface area contributed by atoms with Crippen molar-refractivity contribution in [1.29, 1.82) is 5.26 Å². The molecular formula is C15H11ClN2O3S. The van der Waals surface area contributed by atoms with Crippen LogP contribution in [-0.4, -0.2) is 19.1 Å². The maximum Gasteiger partial charge on any atom is 0.229 e. The van der Waals surface area contributed by atoms with Crippen molar-refractivity contribution in [3.8, 4) is 17.6 Å². The zero-order valence-electron chi connectivity index (χ0n) is 11.4. The summed E-state index contributed by atoms with van der Waals surface area (Å²) < 4.78 is 10.9. The van der Waals surface area contributed by atoms with Crippen LogP contribution in [0.4, 0.5) is 5.00 Å². The molecule has 112 valence electrons. The molecule has 1 aliphatic heterocycles. The summed E-state index contributed by atoms with van der Waals surface area (Å²) in [5.41, 5.74) is 1.18. The summed E-state index contributed by atoms with van der Waals surface area (Å²) in [6.45, 7) is 0.918. The van der Waals surface area contributed by atoms with E-state index in [0.29, 0.717) is 40.3 Å². The number of halogens is 1. The summed E-state index contributed by atoms with van der Waals surface area (Å²) >= 11 is 7.46. The highest BCUT2D eigenvalue weighted by Gasteiger charge is 2.18. The van der Waals surface area contributed by atoms with E-state index >= 15 is 0 Å². The number of anilines is 1. The van der Waals surface area contributed by atoms with Gasteiger partial charge in [0.1, 0.15) is 24.3 Å². The zero-order chi connectivity index (χ0) is 15.5. The Morgan fingerprint density at radius 1 is 1.41 bits per heavy atom. The van der Waals surface area contributed by atoms with E-state index in [4.69, 9.17) is 26.3 Å². The predicted octanol–water partition coefficient (Wildman–Crippen LogP) is 3.23. The molecule has 1 N–H and O–H groups in total. The van der Waals surface area contributed by atoms with Crippen LogP contribution >= 0.6 is 22.9 Å². The van der Waals surface area contributed by atoms with Gasteiger partial charge < -0.3 is 14.8 Å². The van der Waals surface area contributed by atoms with Crippen molar-refractivity contribution in [3.63, 3.8) is 0 Å². The van der Waals surface area contributed by atoms with E-state index in [-0.39, 0.29) is 12.3 Å². The van der Waals surface area contributed by atoms with Gasteiger partial charge >= 0.3 is 0 Å². The number of amides is 1. The number of hydrogen-bond donors (Lipinski definition) is 1. The Labute approximate surface area is 136 Å². The number of benzene rings is 1. The Hall–Kier alpha value is -2.23. The van der Waals surface area contributed by atoms with Gasteiger partial charge in [-0.1, -0.05) is 11.6 Å². The summed E-state index contributed by atoms with van der Waals surface area (Å²) in [6, 6.07) is 7.14. The first kappa shape index (κ1) is 14.7. The Kier molecular flexibility index (Phi) is 4.18. The van der Waals surface area contributed by atoms with Crippen molar-refractivity contribution in [1.82, 2.24) is 0 Å². The van der Waals surface area contributed by atoms with Gasteiger partial charge in [0.2, 0.25) is 5.91 Å². The van der Waals surface area contributed by atoms with E-state index in [1.807, 2.05) is 6.07 Å². The number of nitrogens with zero attached hydrogens (tertiary/aromatic N) is 1. The largest absolute Gasteiger partial charge is 0.486 e. The van der Waals surface area contributed by atoms with E-state index in [2.05, 4.69) is 5.32 Å². The quantitative estimate of drug-likeness (QED) is 0.935. The van der Waals surface area contributed by atoms with E-state index < -0.39 is 0 Å². The van der Waals surface area contributed by atoms with Crippen molar-refractivity contribution in [2.75, 3.05) is 18.5 Å². The number of fused-ring (bicyclic) bond motifs is 1. The smallest absolute Gasteiger partial charge is 0.229 e. The average molecular weight is 335 g/mol. The number of nitrogens with one attached hydrogen (secondary N) is 1. The Morgan fingerprint density at radius 2 is 2.23 bits per heavy atom. The van der Waals surface area contributed by atoms with Crippen LogP contribution in [0, 0.1) is 11.3 Å². The summed E-state index contributed by atoms with van der Waals surface area (Å²) in [4.78, 5) is 12.1. The molecule has 1 aromatic heterocycles. The minimum Gasteiger partial charge on any atom is -0.486 e. The normalized spacial score (nSPS) is 12.5. The highest BCUT2D eigenvalue weighted by Crippen LogP contribution is 2.38. The predicted molar refractivity (Wildman–Crippen MR) is 83.8 cm³/mol. The molecular weight excluding hydrogens is 324 g/mol. The minimum atomic E-state index is -0.216. The third-order valence-electron chi connectivity index (χ3n) is 3.06. The summed E-state index contributed by atoms with van der Waals surface area (Å²) in [5.74, 6) is 0.851. The van der Waals surface area contributed by atoms with Crippen LogP contribution in [0.15, 0.2) is 23.6 Å². The van der Waals surface area contributed by atoms with Crippen LogP contribution < -0.4 is 14.8 Å². The fourth-order valence-electron chi connectivity index (χ4n) is 2.12. The molecule has 0 unspecified atom stereocenters. The number of nitriles is 1. The van der Waals surface area contributed by atoms with Crippen molar-refractivity contribution < 1.29 is 14.3 Å². The van der Waals surface area contributed by atoms with E-state index in [1.54, 1.807) is 23.6 Å². The van der Waals surface area contributed by atoms with Gasteiger partial charge in [-0.25, -0.2) is 0 Å². The molecule has 1 amide bonds. The number of rotatable bonds is 3. The second kappa shape index (κ2) is 6.26. The molecule has 0 saturated carbocycles. The highest BCUT2D eigenvalue weighted by atomic mass is 35.5. The molecule has 0 fully saturated rings. The third-order valence-corrected chi connectivity index (χ3v) is 4.17.